The summed E-state index contributed by atoms with van der Waals surface area (Å²) in [6, 6.07) is 26.3. The molecule has 5 nitrogen and oxygen atoms in total. The fraction of sp³-hybridized carbons (Fsp3) is 0.115. The first kappa shape index (κ1) is 22.8. The molecule has 3 aromatic carbocycles. The van der Waals surface area contributed by atoms with Crippen LogP contribution in [0.2, 0.25) is 0 Å². The van der Waals surface area contributed by atoms with Crippen LogP contribution in [0.4, 0.5) is 11.4 Å². The SMILES string of the molecule is Cc1cccc(NC(=O)/C(C#N)=C2\SC(Cc3ccc(Br)cc3)C(=O)N2c2ccccc2)c1. The van der Waals surface area contributed by atoms with Crippen molar-refractivity contribution in [2.24, 2.45) is 0 Å². The third-order valence-electron chi connectivity index (χ3n) is 5.13. The molecule has 1 heterocycles. The Balaban J connectivity index is 1.71. The largest absolute Gasteiger partial charge is 0.321 e. The second-order valence-corrected chi connectivity index (χ2v) is 9.67. The third kappa shape index (κ3) is 5.19. The summed E-state index contributed by atoms with van der Waals surface area (Å²) in [5.41, 5.74) is 3.13. The highest BCUT2D eigenvalue weighted by Crippen LogP contribution is 2.42. The predicted octanol–water partition coefficient (Wildman–Crippen LogP) is 5.82. The van der Waals surface area contributed by atoms with Gasteiger partial charge in [-0.1, -0.05) is 70.2 Å². The molecule has 0 aliphatic carbocycles. The second-order valence-electron chi connectivity index (χ2n) is 7.56. The summed E-state index contributed by atoms with van der Waals surface area (Å²) in [4.78, 5) is 28.0. The van der Waals surface area contributed by atoms with Crippen molar-refractivity contribution in [3.63, 3.8) is 0 Å². The van der Waals surface area contributed by atoms with E-state index < -0.39 is 11.2 Å². The van der Waals surface area contributed by atoms with Crippen LogP contribution in [-0.4, -0.2) is 17.1 Å². The first-order valence-corrected chi connectivity index (χ1v) is 12.0. The zero-order valence-corrected chi connectivity index (χ0v) is 20.2. The summed E-state index contributed by atoms with van der Waals surface area (Å²) in [5.74, 6) is -0.691. The maximum absolute atomic E-state index is 13.5. The van der Waals surface area contributed by atoms with Crippen LogP contribution >= 0.6 is 27.7 Å². The van der Waals surface area contributed by atoms with E-state index in [9.17, 15) is 14.9 Å². The molecular formula is C26H20BrN3O2S. The van der Waals surface area contributed by atoms with Gasteiger partial charge < -0.3 is 5.32 Å². The summed E-state index contributed by atoms with van der Waals surface area (Å²) in [5, 5.41) is 12.6. The Hall–Kier alpha value is -3.34. The summed E-state index contributed by atoms with van der Waals surface area (Å²) >= 11 is 4.68. The standard InChI is InChI=1S/C26H20BrN3O2S/c1-17-6-5-7-20(14-17)29-24(31)22(16-28)26-30(21-8-3-2-4-9-21)25(32)23(33-26)15-18-10-12-19(27)13-11-18/h2-14,23H,15H2,1H3,(H,29,31)/b26-22-. The van der Waals surface area contributed by atoms with Crippen molar-refractivity contribution < 1.29 is 9.59 Å². The van der Waals surface area contributed by atoms with Crippen molar-refractivity contribution in [2.45, 2.75) is 18.6 Å². The molecule has 33 heavy (non-hydrogen) atoms. The number of rotatable bonds is 5. The van der Waals surface area contributed by atoms with Gasteiger partial charge in [0, 0.05) is 15.8 Å². The molecule has 0 spiro atoms. The van der Waals surface area contributed by atoms with E-state index in [1.165, 1.54) is 16.7 Å². The van der Waals surface area contributed by atoms with Gasteiger partial charge in [-0.05, 0) is 60.9 Å². The zero-order valence-electron chi connectivity index (χ0n) is 17.8. The minimum atomic E-state index is -0.538. The lowest BCUT2D eigenvalue weighted by Crippen LogP contribution is -2.30. The fourth-order valence-electron chi connectivity index (χ4n) is 3.55. The van der Waals surface area contributed by atoms with Gasteiger partial charge in [0.25, 0.3) is 5.91 Å². The van der Waals surface area contributed by atoms with E-state index in [4.69, 9.17) is 0 Å². The molecule has 1 fully saturated rings. The topological polar surface area (TPSA) is 73.2 Å². The number of carbonyl (C=O) groups is 2. The fourth-order valence-corrected chi connectivity index (χ4v) is 5.12. The molecule has 0 aromatic heterocycles. The van der Waals surface area contributed by atoms with Crippen LogP contribution in [0.25, 0.3) is 0 Å². The summed E-state index contributed by atoms with van der Waals surface area (Å²) in [6.45, 7) is 1.93. The molecule has 0 radical (unpaired) electrons. The molecule has 1 aliphatic rings. The molecule has 4 rings (SSSR count). The number of nitrogens with zero attached hydrogens (tertiary/aromatic N) is 2. The van der Waals surface area contributed by atoms with Gasteiger partial charge >= 0.3 is 0 Å². The number of carbonyl (C=O) groups excluding carboxylic acids is 2. The first-order valence-electron chi connectivity index (χ1n) is 10.3. The van der Waals surface area contributed by atoms with Crippen molar-refractivity contribution in [1.82, 2.24) is 0 Å². The van der Waals surface area contributed by atoms with Crippen molar-refractivity contribution >= 4 is 50.9 Å². The van der Waals surface area contributed by atoms with Crippen LogP contribution in [0.1, 0.15) is 11.1 Å². The molecule has 0 bridgehead atoms. The van der Waals surface area contributed by atoms with E-state index in [0.717, 1.165) is 15.6 Å². The quantitative estimate of drug-likeness (QED) is 0.341. The number of anilines is 2. The number of para-hydroxylation sites is 1. The maximum atomic E-state index is 13.5. The van der Waals surface area contributed by atoms with Crippen molar-refractivity contribution in [3.8, 4) is 6.07 Å². The van der Waals surface area contributed by atoms with Gasteiger partial charge in [0.1, 0.15) is 16.7 Å². The minimum Gasteiger partial charge on any atom is -0.321 e. The monoisotopic (exact) mass is 517 g/mol. The number of hydrogen-bond acceptors (Lipinski definition) is 4. The molecule has 3 aromatic rings. The van der Waals surface area contributed by atoms with Crippen LogP contribution in [0.3, 0.4) is 0 Å². The van der Waals surface area contributed by atoms with E-state index in [2.05, 4.69) is 21.2 Å². The lowest BCUT2D eigenvalue weighted by Gasteiger charge is -2.18. The van der Waals surface area contributed by atoms with E-state index >= 15 is 0 Å². The second kappa shape index (κ2) is 10.1. The van der Waals surface area contributed by atoms with Crippen molar-refractivity contribution in [1.29, 1.82) is 5.26 Å². The zero-order chi connectivity index (χ0) is 23.4. The highest BCUT2D eigenvalue weighted by atomic mass is 79.9. The van der Waals surface area contributed by atoms with Crippen LogP contribution < -0.4 is 10.2 Å². The van der Waals surface area contributed by atoms with Gasteiger partial charge in [-0.25, -0.2) is 0 Å². The van der Waals surface area contributed by atoms with Crippen molar-refractivity contribution in [3.05, 3.63) is 105 Å². The summed E-state index contributed by atoms with van der Waals surface area (Å²) < 4.78 is 0.961. The maximum Gasteiger partial charge on any atom is 0.269 e. The number of hydrogen-bond donors (Lipinski definition) is 1. The predicted molar refractivity (Wildman–Crippen MR) is 136 cm³/mol. The number of aryl methyl sites for hydroxylation is 1. The molecule has 1 saturated heterocycles. The normalized spacial score (nSPS) is 16.9. The molecule has 7 heteroatoms. The lowest BCUT2D eigenvalue weighted by atomic mass is 10.1. The smallest absolute Gasteiger partial charge is 0.269 e. The van der Waals surface area contributed by atoms with Crippen molar-refractivity contribution in [2.75, 3.05) is 10.2 Å². The average Bonchev–Trinajstić information content (AvgIpc) is 3.12. The molecule has 0 saturated carbocycles. The van der Waals surface area contributed by atoms with E-state index in [-0.39, 0.29) is 11.5 Å². The van der Waals surface area contributed by atoms with Gasteiger partial charge in [0.15, 0.2) is 0 Å². The average molecular weight is 518 g/mol. The van der Waals surface area contributed by atoms with E-state index in [1.807, 2.05) is 73.7 Å². The Morgan fingerprint density at radius 2 is 1.82 bits per heavy atom. The number of nitrogens with one attached hydrogen (secondary N) is 1. The van der Waals surface area contributed by atoms with Gasteiger partial charge in [-0.2, -0.15) is 5.26 Å². The molecule has 1 aliphatic heterocycles. The van der Waals surface area contributed by atoms with Crippen LogP contribution in [0.15, 0.2) is 93.9 Å². The Labute approximate surface area is 205 Å². The number of benzene rings is 3. The summed E-state index contributed by atoms with van der Waals surface area (Å²) in [7, 11) is 0. The minimum absolute atomic E-state index is 0.0861. The van der Waals surface area contributed by atoms with Gasteiger partial charge in [0.05, 0.1) is 5.25 Å². The Bertz CT molecular complexity index is 1270. The molecule has 1 N–H and O–H groups in total. The first-order chi connectivity index (χ1) is 16.0. The van der Waals surface area contributed by atoms with Crippen LogP contribution in [0.5, 0.6) is 0 Å². The van der Waals surface area contributed by atoms with E-state index in [0.29, 0.717) is 22.8 Å². The molecule has 1 unspecified atom stereocenters. The number of thioether (sulfide) groups is 1. The Morgan fingerprint density at radius 3 is 2.48 bits per heavy atom. The van der Waals surface area contributed by atoms with Crippen LogP contribution in [-0.2, 0) is 16.0 Å². The molecular weight excluding hydrogens is 498 g/mol. The highest BCUT2D eigenvalue weighted by molar-refractivity contribution is 9.10. The molecule has 1 atom stereocenters. The Kier molecular flexibility index (Phi) is 6.97. The number of halogens is 1. The molecule has 164 valence electrons. The van der Waals surface area contributed by atoms with Crippen LogP contribution in [0, 0.1) is 18.3 Å². The Morgan fingerprint density at radius 1 is 1.09 bits per heavy atom. The number of nitriles is 1. The highest BCUT2D eigenvalue weighted by Gasteiger charge is 2.40. The molecule has 2 amide bonds. The third-order valence-corrected chi connectivity index (χ3v) is 6.92. The van der Waals surface area contributed by atoms with E-state index in [1.54, 1.807) is 18.2 Å². The number of amides is 2. The van der Waals surface area contributed by atoms with Gasteiger partial charge in [-0.15, -0.1) is 0 Å². The summed E-state index contributed by atoms with van der Waals surface area (Å²) in [6.07, 6.45) is 0.488. The van der Waals surface area contributed by atoms with Gasteiger partial charge in [-0.3, -0.25) is 14.5 Å². The van der Waals surface area contributed by atoms with Gasteiger partial charge in [0.2, 0.25) is 5.91 Å². The lowest BCUT2D eigenvalue weighted by molar-refractivity contribution is -0.117.